The summed E-state index contributed by atoms with van der Waals surface area (Å²) in [5.41, 5.74) is -0.441. The standard InChI is InChI=1S/C24H28FN3O5S/c1-23(2)15-17-7-6-10-19(21(17)33-23)26-22(29)27-12-11-24(20(25)16-27)28(13-14-32-24)34(30,31)18-8-4-3-5-9-18/h3-10,20H,11-16H2,1-2H3,(H,26,29). The van der Waals surface area contributed by atoms with Crippen LogP contribution in [0.25, 0.3) is 0 Å². The van der Waals surface area contributed by atoms with Gasteiger partial charge in [0.25, 0.3) is 0 Å². The van der Waals surface area contributed by atoms with Crippen LogP contribution in [0.2, 0.25) is 0 Å². The van der Waals surface area contributed by atoms with Gasteiger partial charge < -0.3 is 19.7 Å². The summed E-state index contributed by atoms with van der Waals surface area (Å²) >= 11 is 0. The summed E-state index contributed by atoms with van der Waals surface area (Å²) in [6.45, 7) is 3.98. The van der Waals surface area contributed by atoms with Crippen LogP contribution in [0.15, 0.2) is 53.4 Å². The van der Waals surface area contributed by atoms with Crippen LogP contribution in [0, 0.1) is 0 Å². The Kier molecular flexibility index (Phi) is 5.57. The van der Waals surface area contributed by atoms with Gasteiger partial charge in [0.15, 0.2) is 11.9 Å². The SMILES string of the molecule is CC1(C)Cc2cccc(NC(=O)N3CCC4(OCCN4S(=O)(=O)c4ccccc4)C(F)C3)c2O1. The number of hydrogen-bond acceptors (Lipinski definition) is 5. The van der Waals surface area contributed by atoms with Crippen LogP contribution >= 0.6 is 0 Å². The lowest BCUT2D eigenvalue weighted by atomic mass is 9.99. The molecule has 2 saturated heterocycles. The van der Waals surface area contributed by atoms with Crippen molar-refractivity contribution in [3.8, 4) is 5.75 Å². The number of amides is 2. The topological polar surface area (TPSA) is 88.2 Å². The van der Waals surface area contributed by atoms with Gasteiger partial charge >= 0.3 is 6.03 Å². The van der Waals surface area contributed by atoms with Gasteiger partial charge in [0, 0.05) is 31.5 Å². The Labute approximate surface area is 198 Å². The fourth-order valence-corrected chi connectivity index (χ4v) is 6.76. The number of carbonyl (C=O) groups excluding carboxylic acids is 1. The molecule has 3 aliphatic heterocycles. The average Bonchev–Trinajstić information content (AvgIpc) is 3.37. The molecule has 34 heavy (non-hydrogen) atoms. The summed E-state index contributed by atoms with van der Waals surface area (Å²) in [5.74, 6) is 0.630. The molecule has 182 valence electrons. The summed E-state index contributed by atoms with van der Waals surface area (Å²) in [7, 11) is -3.95. The molecule has 1 spiro atoms. The smallest absolute Gasteiger partial charge is 0.322 e. The quantitative estimate of drug-likeness (QED) is 0.714. The zero-order valence-corrected chi connectivity index (χ0v) is 20.0. The van der Waals surface area contributed by atoms with Gasteiger partial charge in [0.1, 0.15) is 11.4 Å². The van der Waals surface area contributed by atoms with Gasteiger partial charge in [-0.1, -0.05) is 30.3 Å². The molecule has 1 N–H and O–H groups in total. The third kappa shape index (κ3) is 3.83. The number of carbonyl (C=O) groups is 1. The van der Waals surface area contributed by atoms with Crippen LogP contribution in [0.4, 0.5) is 14.9 Å². The van der Waals surface area contributed by atoms with Crippen molar-refractivity contribution >= 4 is 21.7 Å². The molecule has 0 radical (unpaired) electrons. The highest BCUT2D eigenvalue weighted by Gasteiger charge is 2.57. The van der Waals surface area contributed by atoms with Crippen molar-refractivity contribution in [1.82, 2.24) is 9.21 Å². The molecule has 0 aromatic heterocycles. The van der Waals surface area contributed by atoms with E-state index in [2.05, 4.69) is 5.32 Å². The van der Waals surface area contributed by atoms with E-state index in [1.54, 1.807) is 24.3 Å². The fraction of sp³-hybridized carbons (Fsp3) is 0.458. The van der Waals surface area contributed by atoms with E-state index in [0.717, 1.165) is 16.3 Å². The van der Waals surface area contributed by atoms with E-state index in [0.29, 0.717) is 11.4 Å². The number of hydrogen-bond donors (Lipinski definition) is 1. The number of piperidine rings is 1. The fourth-order valence-electron chi connectivity index (χ4n) is 5.03. The number of fused-ring (bicyclic) bond motifs is 1. The minimum atomic E-state index is -3.95. The maximum Gasteiger partial charge on any atom is 0.322 e. The van der Waals surface area contributed by atoms with Crippen molar-refractivity contribution in [3.05, 3.63) is 54.1 Å². The number of nitrogens with one attached hydrogen (secondary N) is 1. The molecule has 2 atom stereocenters. The largest absolute Gasteiger partial charge is 0.485 e. The molecule has 0 aliphatic carbocycles. The third-order valence-corrected chi connectivity index (χ3v) is 8.57. The van der Waals surface area contributed by atoms with Crippen molar-refractivity contribution in [2.45, 2.75) is 49.1 Å². The first-order chi connectivity index (χ1) is 16.1. The van der Waals surface area contributed by atoms with Gasteiger partial charge in [-0.05, 0) is 32.0 Å². The Bertz CT molecular complexity index is 1210. The van der Waals surface area contributed by atoms with Crippen LogP contribution in [-0.2, 0) is 21.2 Å². The number of para-hydroxylation sites is 1. The second-order valence-electron chi connectivity index (χ2n) is 9.51. The van der Waals surface area contributed by atoms with E-state index < -0.39 is 28.0 Å². The Hall–Kier alpha value is -2.69. The third-order valence-electron chi connectivity index (χ3n) is 6.63. The number of alkyl halides is 1. The van der Waals surface area contributed by atoms with Crippen molar-refractivity contribution < 1.29 is 27.1 Å². The number of halogens is 1. The molecule has 0 saturated carbocycles. The summed E-state index contributed by atoms with van der Waals surface area (Å²) < 4.78 is 55.0. The monoisotopic (exact) mass is 489 g/mol. The number of benzene rings is 2. The number of nitrogens with zero attached hydrogens (tertiary/aromatic N) is 2. The number of likely N-dealkylation sites (tertiary alicyclic amines) is 1. The van der Waals surface area contributed by atoms with E-state index in [1.165, 1.54) is 17.0 Å². The first-order valence-electron chi connectivity index (χ1n) is 11.4. The zero-order chi connectivity index (χ0) is 24.1. The second kappa shape index (κ2) is 8.21. The highest BCUT2D eigenvalue weighted by Crippen LogP contribution is 2.42. The lowest BCUT2D eigenvalue weighted by Crippen LogP contribution is -2.63. The van der Waals surface area contributed by atoms with Crippen molar-refractivity contribution in [1.29, 1.82) is 0 Å². The van der Waals surface area contributed by atoms with Crippen molar-refractivity contribution in [3.63, 3.8) is 0 Å². The van der Waals surface area contributed by atoms with Crippen LogP contribution in [0.3, 0.4) is 0 Å². The maximum absolute atomic E-state index is 15.6. The molecular weight excluding hydrogens is 461 g/mol. The van der Waals surface area contributed by atoms with E-state index >= 15 is 4.39 Å². The van der Waals surface area contributed by atoms with E-state index in [4.69, 9.17) is 9.47 Å². The van der Waals surface area contributed by atoms with E-state index in [9.17, 15) is 13.2 Å². The molecule has 5 rings (SSSR count). The molecule has 0 bridgehead atoms. The molecule has 3 aliphatic rings. The summed E-state index contributed by atoms with van der Waals surface area (Å²) in [6.07, 6.45) is -0.942. The zero-order valence-electron chi connectivity index (χ0n) is 19.2. The number of rotatable bonds is 3. The molecule has 8 nitrogen and oxygen atoms in total. The molecule has 2 aromatic carbocycles. The van der Waals surface area contributed by atoms with Crippen molar-refractivity contribution in [2.75, 3.05) is 31.6 Å². The number of ether oxygens (including phenoxy) is 2. The Morgan fingerprint density at radius 1 is 1.12 bits per heavy atom. The predicted octanol–water partition coefficient (Wildman–Crippen LogP) is 3.39. The second-order valence-corrected chi connectivity index (χ2v) is 11.4. The lowest BCUT2D eigenvalue weighted by molar-refractivity contribution is -0.134. The highest BCUT2D eigenvalue weighted by molar-refractivity contribution is 7.89. The molecule has 10 heteroatoms. The molecule has 2 amide bonds. The van der Waals surface area contributed by atoms with Crippen LogP contribution in [0.5, 0.6) is 5.75 Å². The lowest BCUT2D eigenvalue weighted by Gasteiger charge is -2.44. The Morgan fingerprint density at radius 3 is 2.62 bits per heavy atom. The van der Waals surface area contributed by atoms with Crippen LogP contribution in [0.1, 0.15) is 25.8 Å². The first kappa shape index (κ1) is 23.1. The predicted molar refractivity (Wildman–Crippen MR) is 124 cm³/mol. The number of anilines is 1. The van der Waals surface area contributed by atoms with Crippen LogP contribution in [-0.4, -0.2) is 67.4 Å². The highest BCUT2D eigenvalue weighted by atomic mass is 32.2. The molecular formula is C24H28FN3O5S. The van der Waals surface area contributed by atoms with Crippen molar-refractivity contribution in [2.24, 2.45) is 0 Å². The van der Waals surface area contributed by atoms with E-state index in [1.807, 2.05) is 26.0 Å². The minimum absolute atomic E-state index is 0.0318. The number of urea groups is 1. The maximum atomic E-state index is 15.6. The summed E-state index contributed by atoms with van der Waals surface area (Å²) in [4.78, 5) is 14.4. The normalized spacial score (nSPS) is 26.3. The average molecular weight is 490 g/mol. The Morgan fingerprint density at radius 2 is 1.88 bits per heavy atom. The van der Waals surface area contributed by atoms with Crippen LogP contribution < -0.4 is 10.1 Å². The molecule has 2 fully saturated rings. The van der Waals surface area contributed by atoms with Gasteiger partial charge in [-0.3, -0.25) is 0 Å². The summed E-state index contributed by atoms with van der Waals surface area (Å²) in [5, 5.41) is 2.84. The van der Waals surface area contributed by atoms with Gasteiger partial charge in [-0.25, -0.2) is 17.6 Å². The van der Waals surface area contributed by atoms with Gasteiger partial charge in [-0.2, -0.15) is 4.31 Å². The van der Waals surface area contributed by atoms with Gasteiger partial charge in [0.2, 0.25) is 10.0 Å². The minimum Gasteiger partial charge on any atom is -0.485 e. The van der Waals surface area contributed by atoms with Gasteiger partial charge in [-0.15, -0.1) is 0 Å². The summed E-state index contributed by atoms with van der Waals surface area (Å²) in [6, 6.07) is 13.0. The van der Waals surface area contributed by atoms with Gasteiger partial charge in [0.05, 0.1) is 23.7 Å². The first-order valence-corrected chi connectivity index (χ1v) is 12.8. The molecule has 3 heterocycles. The Balaban J connectivity index is 1.32. The van der Waals surface area contributed by atoms with E-state index in [-0.39, 0.29) is 43.2 Å². The molecule has 2 aromatic rings. The molecule has 2 unspecified atom stereocenters. The number of sulfonamides is 1.